The Morgan fingerprint density at radius 2 is 2.27 bits per heavy atom. The van der Waals surface area contributed by atoms with E-state index in [4.69, 9.17) is 16.3 Å². The van der Waals surface area contributed by atoms with Crippen molar-refractivity contribution >= 4 is 29.0 Å². The van der Waals surface area contributed by atoms with Crippen LogP contribution in [0.4, 0.5) is 20.6 Å². The van der Waals surface area contributed by atoms with Crippen molar-refractivity contribution in [1.82, 2.24) is 15.2 Å². The van der Waals surface area contributed by atoms with Gasteiger partial charge in [-0.1, -0.05) is 11.6 Å². The Kier molecular flexibility index (Phi) is 5.61. The topological polar surface area (TPSA) is 107 Å². The van der Waals surface area contributed by atoms with Crippen molar-refractivity contribution in [3.05, 3.63) is 70.0 Å². The number of hydrogen-bond donors (Lipinski definition) is 2. The van der Waals surface area contributed by atoms with Crippen LogP contribution in [0, 0.1) is 17.1 Å². The second-order valence-corrected chi connectivity index (χ2v) is 6.99. The zero-order chi connectivity index (χ0) is 21.1. The molecule has 0 spiro atoms. The van der Waals surface area contributed by atoms with Crippen LogP contribution in [0.25, 0.3) is 0 Å². The molecule has 8 nitrogen and oxygen atoms in total. The average Bonchev–Trinajstić information content (AvgIpc) is 3.17. The molecule has 30 heavy (non-hydrogen) atoms. The summed E-state index contributed by atoms with van der Waals surface area (Å²) in [6.45, 7) is 1.17. The van der Waals surface area contributed by atoms with E-state index in [1.165, 1.54) is 35.4 Å². The lowest BCUT2D eigenvalue weighted by atomic mass is 10.1. The third kappa shape index (κ3) is 4.10. The number of carbonyl (C=O) groups is 1. The Labute approximate surface area is 176 Å². The second-order valence-electron chi connectivity index (χ2n) is 6.59. The quantitative estimate of drug-likeness (QED) is 0.660. The molecule has 0 saturated heterocycles. The van der Waals surface area contributed by atoms with Gasteiger partial charge < -0.3 is 10.1 Å². The molecule has 0 bridgehead atoms. The van der Waals surface area contributed by atoms with Crippen LogP contribution in [-0.2, 0) is 24.3 Å². The van der Waals surface area contributed by atoms with Gasteiger partial charge in [0, 0.05) is 17.4 Å². The summed E-state index contributed by atoms with van der Waals surface area (Å²) in [6.07, 6.45) is 2.14. The molecule has 0 saturated carbocycles. The Morgan fingerprint density at radius 1 is 1.40 bits per heavy atom. The number of anilines is 2. The van der Waals surface area contributed by atoms with E-state index in [0.29, 0.717) is 36.7 Å². The number of ether oxygens (including phenoxy) is 1. The number of halogens is 2. The number of amides is 2. The Morgan fingerprint density at radius 3 is 3.07 bits per heavy atom. The predicted octanol–water partition coefficient (Wildman–Crippen LogP) is 3.78. The molecule has 1 aromatic carbocycles. The first-order valence-corrected chi connectivity index (χ1v) is 9.45. The zero-order valence-corrected chi connectivity index (χ0v) is 16.4. The highest BCUT2D eigenvalue weighted by Crippen LogP contribution is 2.25. The number of hydrogen-bond acceptors (Lipinski definition) is 5. The Bertz CT molecular complexity index is 1140. The maximum absolute atomic E-state index is 13.4. The van der Waals surface area contributed by atoms with Crippen molar-refractivity contribution in [2.75, 3.05) is 16.8 Å². The fourth-order valence-electron chi connectivity index (χ4n) is 3.18. The van der Waals surface area contributed by atoms with Crippen LogP contribution in [0.2, 0.25) is 5.02 Å². The molecule has 4 rings (SSSR count). The fraction of sp³-hybridized carbons (Fsp3) is 0.200. The number of benzene rings is 1. The van der Waals surface area contributed by atoms with E-state index in [1.807, 2.05) is 6.07 Å². The first-order valence-electron chi connectivity index (χ1n) is 9.07. The highest BCUT2D eigenvalue weighted by Gasteiger charge is 2.23. The van der Waals surface area contributed by atoms with Crippen molar-refractivity contribution in [3.8, 4) is 6.07 Å². The van der Waals surface area contributed by atoms with E-state index in [2.05, 4.69) is 20.5 Å². The molecule has 2 N–H and O–H groups in total. The minimum atomic E-state index is -0.579. The number of fused-ring (bicyclic) bond motifs is 1. The average molecular weight is 427 g/mol. The van der Waals surface area contributed by atoms with E-state index in [1.54, 1.807) is 6.07 Å². The van der Waals surface area contributed by atoms with Crippen LogP contribution in [-0.4, -0.2) is 27.8 Å². The van der Waals surface area contributed by atoms with Gasteiger partial charge in [-0.3, -0.25) is 10.00 Å². The molecule has 0 aliphatic carbocycles. The number of nitriles is 1. The van der Waals surface area contributed by atoms with E-state index in [-0.39, 0.29) is 17.3 Å². The zero-order valence-electron chi connectivity index (χ0n) is 15.7. The lowest BCUT2D eigenvalue weighted by Gasteiger charge is -2.23. The summed E-state index contributed by atoms with van der Waals surface area (Å²) in [7, 11) is 0. The molecule has 2 amide bonds. The highest BCUT2D eigenvalue weighted by atomic mass is 35.5. The fourth-order valence-corrected chi connectivity index (χ4v) is 3.36. The van der Waals surface area contributed by atoms with Crippen LogP contribution < -0.4 is 10.2 Å². The monoisotopic (exact) mass is 426 g/mol. The summed E-state index contributed by atoms with van der Waals surface area (Å²) < 4.78 is 18.9. The normalized spacial score (nSPS) is 12.7. The Balaban J connectivity index is 1.66. The van der Waals surface area contributed by atoms with Crippen molar-refractivity contribution in [2.24, 2.45) is 0 Å². The van der Waals surface area contributed by atoms with Gasteiger partial charge in [0.15, 0.2) is 0 Å². The molecule has 10 heteroatoms. The molecule has 1 aliphatic rings. The maximum atomic E-state index is 13.4. The minimum Gasteiger partial charge on any atom is -0.375 e. The summed E-state index contributed by atoms with van der Waals surface area (Å²) in [5.41, 5.74) is 3.58. The van der Waals surface area contributed by atoms with Gasteiger partial charge in [-0.25, -0.2) is 14.2 Å². The highest BCUT2D eigenvalue weighted by molar-refractivity contribution is 6.31. The molecule has 1 aliphatic heterocycles. The summed E-state index contributed by atoms with van der Waals surface area (Å²) in [6, 6.07) is 8.53. The standard InChI is InChI=1S/C20H16ClFN6O2/c21-16-8-12(1-2-17(16)22)25-20(29)28(14-3-5-24-13(7-14)9-23)10-18-15-4-6-30-11-19(15)27-26-18/h1-3,5,7-8H,4,6,10-11H2,(H,25,29)(H,26,27). The molecule has 0 atom stereocenters. The molecule has 3 heterocycles. The molecule has 0 radical (unpaired) electrons. The molecular weight excluding hydrogens is 411 g/mol. The third-order valence-corrected chi connectivity index (χ3v) is 4.96. The van der Waals surface area contributed by atoms with E-state index >= 15 is 0 Å². The number of rotatable bonds is 4. The lowest BCUT2D eigenvalue weighted by molar-refractivity contribution is 0.108. The number of urea groups is 1. The number of nitrogens with one attached hydrogen (secondary N) is 2. The van der Waals surface area contributed by atoms with Crippen molar-refractivity contribution in [3.63, 3.8) is 0 Å². The minimum absolute atomic E-state index is 0.101. The lowest BCUT2D eigenvalue weighted by Crippen LogP contribution is -2.35. The number of aromatic amines is 1. The largest absolute Gasteiger partial charge is 0.375 e. The number of aromatic nitrogens is 3. The predicted molar refractivity (Wildman–Crippen MR) is 108 cm³/mol. The van der Waals surface area contributed by atoms with Gasteiger partial charge in [0.25, 0.3) is 0 Å². The molecule has 0 unspecified atom stereocenters. The second kappa shape index (κ2) is 8.49. The molecular formula is C20H16ClFN6O2. The van der Waals surface area contributed by atoms with Crippen molar-refractivity contribution in [1.29, 1.82) is 5.26 Å². The summed E-state index contributed by atoms with van der Waals surface area (Å²) >= 11 is 5.82. The number of H-pyrrole nitrogens is 1. The van der Waals surface area contributed by atoms with Gasteiger partial charge >= 0.3 is 6.03 Å². The SMILES string of the molecule is N#Cc1cc(N(Cc2n[nH]c3c2CCOC3)C(=O)Nc2ccc(F)c(Cl)c2)ccn1. The van der Waals surface area contributed by atoms with E-state index in [0.717, 1.165) is 11.3 Å². The first-order chi connectivity index (χ1) is 14.5. The van der Waals surface area contributed by atoms with E-state index < -0.39 is 11.8 Å². The molecule has 152 valence electrons. The van der Waals surface area contributed by atoms with Crippen LogP contribution in [0.3, 0.4) is 0 Å². The van der Waals surface area contributed by atoms with Gasteiger partial charge in [-0.05, 0) is 36.8 Å². The summed E-state index contributed by atoms with van der Waals surface area (Å²) in [4.78, 5) is 18.5. The third-order valence-electron chi connectivity index (χ3n) is 4.67. The van der Waals surface area contributed by atoms with Gasteiger partial charge in [0.05, 0.1) is 41.9 Å². The van der Waals surface area contributed by atoms with Gasteiger partial charge in [0.1, 0.15) is 17.6 Å². The van der Waals surface area contributed by atoms with Crippen LogP contribution in [0.1, 0.15) is 22.6 Å². The Hall–Kier alpha value is -3.48. The van der Waals surface area contributed by atoms with Crippen molar-refractivity contribution in [2.45, 2.75) is 19.6 Å². The van der Waals surface area contributed by atoms with Crippen LogP contribution in [0.15, 0.2) is 36.5 Å². The summed E-state index contributed by atoms with van der Waals surface area (Å²) in [5, 5.41) is 19.1. The smallest absolute Gasteiger partial charge is 0.326 e. The number of pyridine rings is 1. The maximum Gasteiger partial charge on any atom is 0.326 e. The van der Waals surface area contributed by atoms with Gasteiger partial charge in [0.2, 0.25) is 0 Å². The summed E-state index contributed by atoms with van der Waals surface area (Å²) in [5.74, 6) is -0.579. The first kappa shape index (κ1) is 19.8. The molecule has 0 fully saturated rings. The number of nitrogens with zero attached hydrogens (tertiary/aromatic N) is 4. The number of carbonyl (C=O) groups excluding carboxylic acids is 1. The van der Waals surface area contributed by atoms with Gasteiger partial charge in [-0.15, -0.1) is 0 Å². The van der Waals surface area contributed by atoms with E-state index in [9.17, 15) is 14.4 Å². The van der Waals surface area contributed by atoms with Crippen LogP contribution >= 0.6 is 11.6 Å². The van der Waals surface area contributed by atoms with Crippen molar-refractivity contribution < 1.29 is 13.9 Å². The molecule has 2 aromatic heterocycles. The van der Waals surface area contributed by atoms with Gasteiger partial charge in [-0.2, -0.15) is 10.4 Å². The molecule has 3 aromatic rings. The van der Waals surface area contributed by atoms with Crippen LogP contribution in [0.5, 0.6) is 0 Å².